The molecule has 1 heteroatoms. The van der Waals surface area contributed by atoms with Crippen LogP contribution in [0.5, 0.6) is 0 Å². The molecule has 1 N–H and O–H groups in total. The molecule has 0 heterocycles. The first-order valence-corrected chi connectivity index (χ1v) is 5.24. The number of rotatable bonds is 1. The molecule has 14 heavy (non-hydrogen) atoms. The predicted molar refractivity (Wildman–Crippen MR) is 65.6 cm³/mol. The fourth-order valence-corrected chi connectivity index (χ4v) is 0.781. The van der Waals surface area contributed by atoms with E-state index in [0.29, 0.717) is 5.76 Å². The summed E-state index contributed by atoms with van der Waals surface area (Å²) < 4.78 is 0. The van der Waals surface area contributed by atoms with E-state index in [0.717, 1.165) is 11.1 Å². The van der Waals surface area contributed by atoms with Gasteiger partial charge in [-0.15, -0.1) is 0 Å². The number of hydrogen-bond acceptors (Lipinski definition) is 1. The fraction of sp³-hybridized carbons (Fsp3) is 0.692. The maximum absolute atomic E-state index is 9.17. The third kappa shape index (κ3) is 6.76. The van der Waals surface area contributed by atoms with Gasteiger partial charge in [-0.3, -0.25) is 0 Å². The van der Waals surface area contributed by atoms with Crippen LogP contribution in [0, 0.1) is 5.41 Å². The van der Waals surface area contributed by atoms with Gasteiger partial charge in [-0.25, -0.2) is 0 Å². The molecule has 0 radical (unpaired) electrons. The normalized spacial score (nSPS) is 12.5. The van der Waals surface area contributed by atoms with Gasteiger partial charge in [0, 0.05) is 0 Å². The monoisotopic (exact) mass is 198 g/mol. The maximum Gasteiger partial charge on any atom is 0.0923 e. The summed E-state index contributed by atoms with van der Waals surface area (Å²) in [6.45, 7) is 18.0. The van der Waals surface area contributed by atoms with Gasteiger partial charge in [0.2, 0.25) is 0 Å². The lowest BCUT2D eigenvalue weighted by molar-refractivity contribution is 0.402. The summed E-state index contributed by atoms with van der Waals surface area (Å²) in [6, 6.07) is 0. The molecule has 0 aliphatic heterocycles. The molecule has 0 spiro atoms. The molecular weight excluding hydrogens is 172 g/mol. The molecule has 0 rings (SSSR count). The highest BCUT2D eigenvalue weighted by atomic mass is 16.3. The van der Waals surface area contributed by atoms with Gasteiger partial charge in [-0.1, -0.05) is 47.6 Å². The summed E-state index contributed by atoms with van der Waals surface area (Å²) >= 11 is 0. The summed E-state index contributed by atoms with van der Waals surface area (Å²) in [6.07, 6.45) is 1.25. The van der Waals surface area contributed by atoms with E-state index in [1.54, 1.807) is 6.92 Å². The second kappa shape index (κ2) is 6.69. The van der Waals surface area contributed by atoms with Crippen LogP contribution in [0.1, 0.15) is 54.9 Å². The Hall–Kier alpha value is -0.720. The smallest absolute Gasteiger partial charge is 0.0923 e. The van der Waals surface area contributed by atoms with E-state index >= 15 is 0 Å². The van der Waals surface area contributed by atoms with Crippen LogP contribution in [0.3, 0.4) is 0 Å². The minimum atomic E-state index is 0.0497. The van der Waals surface area contributed by atoms with Crippen LogP contribution in [0.15, 0.2) is 23.5 Å². The minimum Gasteiger partial charge on any atom is -0.512 e. The average Bonchev–Trinajstić information content (AvgIpc) is 2.01. The Morgan fingerprint density at radius 3 is 1.50 bits per heavy atom. The summed E-state index contributed by atoms with van der Waals surface area (Å²) in [7, 11) is 0. The van der Waals surface area contributed by atoms with Crippen molar-refractivity contribution in [1.82, 2.24) is 0 Å². The van der Waals surface area contributed by atoms with Crippen molar-refractivity contribution in [2.24, 2.45) is 5.41 Å². The van der Waals surface area contributed by atoms with Crippen LogP contribution < -0.4 is 0 Å². The first-order valence-electron chi connectivity index (χ1n) is 5.24. The largest absolute Gasteiger partial charge is 0.512 e. The summed E-state index contributed by atoms with van der Waals surface area (Å²) in [4.78, 5) is 0. The predicted octanol–water partition coefficient (Wildman–Crippen LogP) is 4.86. The second-order valence-corrected chi connectivity index (χ2v) is 4.65. The highest BCUT2D eigenvalue weighted by molar-refractivity contribution is 5.32. The molecule has 1 nitrogen and oxygen atoms in total. The van der Waals surface area contributed by atoms with Crippen LogP contribution in [0.25, 0.3) is 0 Å². The van der Waals surface area contributed by atoms with Gasteiger partial charge in [0.15, 0.2) is 0 Å². The molecule has 0 aliphatic rings. The zero-order chi connectivity index (χ0) is 11.9. The molecule has 0 saturated carbocycles. The van der Waals surface area contributed by atoms with Crippen molar-refractivity contribution in [1.29, 1.82) is 0 Å². The highest BCUT2D eigenvalue weighted by Crippen LogP contribution is 2.30. The van der Waals surface area contributed by atoms with Gasteiger partial charge in [-0.2, -0.15) is 0 Å². The molecule has 0 aromatic heterocycles. The molecule has 0 unspecified atom stereocenters. The van der Waals surface area contributed by atoms with E-state index in [2.05, 4.69) is 41.2 Å². The lowest BCUT2D eigenvalue weighted by Crippen LogP contribution is -2.10. The number of allylic oxidation sites excluding steroid dienone is 3. The fourth-order valence-electron chi connectivity index (χ4n) is 0.781. The van der Waals surface area contributed by atoms with Gasteiger partial charge in [-0.05, 0) is 30.4 Å². The van der Waals surface area contributed by atoms with Crippen LogP contribution in [-0.2, 0) is 0 Å². The molecule has 0 aromatic rings. The van der Waals surface area contributed by atoms with Crippen molar-refractivity contribution in [3.63, 3.8) is 0 Å². The van der Waals surface area contributed by atoms with E-state index < -0.39 is 0 Å². The van der Waals surface area contributed by atoms with Gasteiger partial charge < -0.3 is 5.11 Å². The lowest BCUT2D eigenvalue weighted by Gasteiger charge is -2.22. The standard InChI is InChI=1S/C10H18O.C3H8/c1-7(9(3)11)8(2)10(4,5)6;1-3-2/h11H,2H2,1,3-6H3;3H2,1-2H3/b9-7+;. The molecule has 0 aromatic carbocycles. The van der Waals surface area contributed by atoms with E-state index in [4.69, 9.17) is 0 Å². The Labute approximate surface area is 89.5 Å². The van der Waals surface area contributed by atoms with Crippen LogP contribution in [0.4, 0.5) is 0 Å². The van der Waals surface area contributed by atoms with Gasteiger partial charge in [0.05, 0.1) is 5.76 Å². The third-order valence-electron chi connectivity index (χ3n) is 1.90. The molecule has 84 valence electrons. The van der Waals surface area contributed by atoms with Crippen molar-refractivity contribution in [2.45, 2.75) is 54.9 Å². The topological polar surface area (TPSA) is 20.2 Å². The average molecular weight is 198 g/mol. The van der Waals surface area contributed by atoms with Gasteiger partial charge >= 0.3 is 0 Å². The first kappa shape index (κ1) is 15.7. The van der Waals surface area contributed by atoms with Gasteiger partial charge in [0.25, 0.3) is 0 Å². The van der Waals surface area contributed by atoms with E-state index in [9.17, 15) is 5.11 Å². The molecule has 0 fully saturated rings. The van der Waals surface area contributed by atoms with Crippen LogP contribution in [-0.4, -0.2) is 5.11 Å². The van der Waals surface area contributed by atoms with Crippen molar-refractivity contribution < 1.29 is 5.11 Å². The Bertz CT molecular complexity index is 200. The molecule has 0 aliphatic carbocycles. The third-order valence-corrected chi connectivity index (χ3v) is 1.90. The summed E-state index contributed by atoms with van der Waals surface area (Å²) in [5.41, 5.74) is 1.95. The van der Waals surface area contributed by atoms with Crippen molar-refractivity contribution >= 4 is 0 Å². The van der Waals surface area contributed by atoms with E-state index in [1.807, 2.05) is 6.92 Å². The van der Waals surface area contributed by atoms with Crippen LogP contribution >= 0.6 is 0 Å². The molecule has 0 amide bonds. The zero-order valence-corrected chi connectivity index (χ0v) is 10.9. The molecule has 0 atom stereocenters. The molecule has 0 bridgehead atoms. The maximum atomic E-state index is 9.17. The minimum absolute atomic E-state index is 0.0497. The van der Waals surface area contributed by atoms with E-state index in [-0.39, 0.29) is 5.41 Å². The highest BCUT2D eigenvalue weighted by Gasteiger charge is 2.17. The van der Waals surface area contributed by atoms with Gasteiger partial charge in [0.1, 0.15) is 0 Å². The summed E-state index contributed by atoms with van der Waals surface area (Å²) in [5.74, 6) is 0.366. The SMILES string of the molecule is C=C(/C(C)=C(\C)O)C(C)(C)C.CCC. The van der Waals surface area contributed by atoms with Crippen molar-refractivity contribution in [3.05, 3.63) is 23.5 Å². The first-order chi connectivity index (χ1) is 6.18. The van der Waals surface area contributed by atoms with Crippen molar-refractivity contribution in [3.8, 4) is 0 Å². The van der Waals surface area contributed by atoms with E-state index in [1.165, 1.54) is 6.42 Å². The Balaban J connectivity index is 0. The Kier molecular flexibility index (Phi) is 7.52. The number of aliphatic hydroxyl groups is 1. The quantitative estimate of drug-likeness (QED) is 0.471. The molecule has 0 saturated heterocycles. The zero-order valence-electron chi connectivity index (χ0n) is 10.9. The summed E-state index contributed by atoms with van der Waals surface area (Å²) in [5, 5.41) is 9.17. The molecular formula is C13H26O. The van der Waals surface area contributed by atoms with Crippen LogP contribution in [0.2, 0.25) is 0 Å². The Morgan fingerprint density at radius 1 is 1.14 bits per heavy atom. The lowest BCUT2D eigenvalue weighted by atomic mass is 9.83. The van der Waals surface area contributed by atoms with Crippen molar-refractivity contribution in [2.75, 3.05) is 0 Å². The number of hydrogen-bond donors (Lipinski definition) is 1. The Morgan fingerprint density at radius 2 is 1.43 bits per heavy atom. The number of aliphatic hydroxyl groups excluding tert-OH is 1. The second-order valence-electron chi connectivity index (χ2n) is 4.65.